The zero-order valence-corrected chi connectivity index (χ0v) is 17.0. The molecule has 0 aliphatic heterocycles. The van der Waals surface area contributed by atoms with Crippen molar-refractivity contribution in [2.24, 2.45) is 7.05 Å². The molecule has 0 saturated carbocycles. The molecule has 0 aliphatic carbocycles. The molecule has 1 N–H and O–H groups in total. The summed E-state index contributed by atoms with van der Waals surface area (Å²) in [6.07, 6.45) is 5.03. The Balaban J connectivity index is 1.48. The lowest BCUT2D eigenvalue weighted by Crippen LogP contribution is -2.23. The molecule has 0 saturated heterocycles. The van der Waals surface area contributed by atoms with E-state index in [-0.39, 0.29) is 17.3 Å². The van der Waals surface area contributed by atoms with E-state index in [9.17, 15) is 12.8 Å². The fourth-order valence-corrected chi connectivity index (χ4v) is 4.13. The molecule has 8 heteroatoms. The first-order chi connectivity index (χ1) is 14.4. The first-order valence-corrected chi connectivity index (χ1v) is 10.7. The molecule has 4 aromatic rings. The van der Waals surface area contributed by atoms with Crippen molar-refractivity contribution < 1.29 is 12.8 Å². The van der Waals surface area contributed by atoms with Crippen molar-refractivity contribution in [1.29, 1.82) is 0 Å². The van der Waals surface area contributed by atoms with Crippen LogP contribution in [0.5, 0.6) is 0 Å². The molecule has 30 heavy (non-hydrogen) atoms. The molecule has 4 rings (SSSR count). The third kappa shape index (κ3) is 4.29. The zero-order chi connectivity index (χ0) is 21.1. The smallest absolute Gasteiger partial charge is 0.240 e. The number of rotatable bonds is 6. The maximum atomic E-state index is 13.1. The fourth-order valence-electron chi connectivity index (χ4n) is 3.11. The van der Waals surface area contributed by atoms with Gasteiger partial charge in [0.25, 0.3) is 0 Å². The van der Waals surface area contributed by atoms with Gasteiger partial charge in [0, 0.05) is 37.7 Å². The van der Waals surface area contributed by atoms with Crippen LogP contribution in [0.1, 0.15) is 5.56 Å². The molecule has 2 heterocycles. The number of nitrogens with zero attached hydrogens (tertiary/aromatic N) is 3. The molecular formula is C22H19FN4O2S. The Morgan fingerprint density at radius 1 is 0.933 bits per heavy atom. The summed E-state index contributed by atoms with van der Waals surface area (Å²) in [5, 5.41) is 4.14. The Hall–Kier alpha value is -3.36. The summed E-state index contributed by atoms with van der Waals surface area (Å²) in [4.78, 5) is 4.36. The first-order valence-electron chi connectivity index (χ1n) is 9.20. The topological polar surface area (TPSA) is 76.9 Å². The monoisotopic (exact) mass is 422 g/mol. The molecule has 0 atom stereocenters. The highest BCUT2D eigenvalue weighted by atomic mass is 32.2. The highest BCUT2D eigenvalue weighted by Gasteiger charge is 2.14. The molecule has 2 aromatic carbocycles. The number of benzene rings is 2. The summed E-state index contributed by atoms with van der Waals surface area (Å²) in [5.41, 5.74) is 4.10. The number of pyridine rings is 1. The van der Waals surface area contributed by atoms with Crippen molar-refractivity contribution in [3.8, 4) is 22.4 Å². The van der Waals surface area contributed by atoms with Gasteiger partial charge in [0.1, 0.15) is 5.82 Å². The maximum absolute atomic E-state index is 13.1. The predicted octanol–water partition coefficient (Wildman–Crippen LogP) is 3.77. The van der Waals surface area contributed by atoms with Crippen LogP contribution in [0.4, 0.5) is 4.39 Å². The second kappa shape index (κ2) is 8.17. The highest BCUT2D eigenvalue weighted by Crippen LogP contribution is 2.22. The van der Waals surface area contributed by atoms with Crippen LogP contribution in [-0.2, 0) is 23.6 Å². The molecule has 152 valence electrons. The lowest BCUT2D eigenvalue weighted by molar-refractivity contribution is 0.581. The normalized spacial score (nSPS) is 11.5. The van der Waals surface area contributed by atoms with E-state index in [1.54, 1.807) is 47.5 Å². The number of aromatic nitrogens is 3. The molecule has 0 fully saturated rings. The third-order valence-electron chi connectivity index (χ3n) is 4.72. The Kier molecular flexibility index (Phi) is 5.43. The Bertz CT molecular complexity index is 1270. The van der Waals surface area contributed by atoms with Gasteiger partial charge < -0.3 is 0 Å². The van der Waals surface area contributed by atoms with Gasteiger partial charge in [-0.15, -0.1) is 0 Å². The van der Waals surface area contributed by atoms with Crippen LogP contribution in [0.25, 0.3) is 22.4 Å². The standard InChI is InChI=1S/C22H19FN4O2S/c1-27-22(10-11-25-27)19-12-16(13-24-15-19)14-26-30(28,29)21-8-4-18(5-9-21)17-2-6-20(23)7-3-17/h2-13,15,26H,14H2,1H3. The van der Waals surface area contributed by atoms with E-state index >= 15 is 0 Å². The van der Waals surface area contributed by atoms with Crippen molar-refractivity contribution in [2.45, 2.75) is 11.4 Å². The summed E-state index contributed by atoms with van der Waals surface area (Å²) in [5.74, 6) is -0.316. The minimum absolute atomic E-state index is 0.112. The molecular weight excluding hydrogens is 403 g/mol. The minimum atomic E-state index is -3.69. The van der Waals surface area contributed by atoms with Crippen LogP contribution in [0.15, 0.2) is 84.1 Å². The predicted molar refractivity (Wildman–Crippen MR) is 112 cm³/mol. The van der Waals surface area contributed by atoms with Crippen LogP contribution in [-0.4, -0.2) is 23.2 Å². The fraction of sp³-hybridized carbons (Fsp3) is 0.0909. The Morgan fingerprint density at radius 3 is 2.23 bits per heavy atom. The van der Waals surface area contributed by atoms with Crippen molar-refractivity contribution in [1.82, 2.24) is 19.5 Å². The number of sulfonamides is 1. The number of aryl methyl sites for hydroxylation is 1. The Labute approximate surface area is 174 Å². The lowest BCUT2D eigenvalue weighted by Gasteiger charge is -2.09. The van der Waals surface area contributed by atoms with Gasteiger partial charge in [-0.1, -0.05) is 24.3 Å². The lowest BCUT2D eigenvalue weighted by atomic mass is 10.1. The van der Waals surface area contributed by atoms with E-state index in [1.807, 2.05) is 19.2 Å². The van der Waals surface area contributed by atoms with Gasteiger partial charge in [-0.3, -0.25) is 9.67 Å². The highest BCUT2D eigenvalue weighted by molar-refractivity contribution is 7.89. The van der Waals surface area contributed by atoms with Crippen LogP contribution in [0.2, 0.25) is 0 Å². The van der Waals surface area contributed by atoms with Gasteiger partial charge in [0.05, 0.1) is 10.6 Å². The summed E-state index contributed by atoms with van der Waals surface area (Å²) in [6.45, 7) is 0.112. The molecule has 0 radical (unpaired) electrons. The van der Waals surface area contributed by atoms with Crippen molar-refractivity contribution in [3.63, 3.8) is 0 Å². The van der Waals surface area contributed by atoms with Crippen molar-refractivity contribution >= 4 is 10.0 Å². The molecule has 0 amide bonds. The van der Waals surface area contributed by atoms with Gasteiger partial charge in [-0.25, -0.2) is 17.5 Å². The SMILES string of the molecule is Cn1nccc1-c1cncc(CNS(=O)(=O)c2ccc(-c3ccc(F)cc3)cc2)c1. The second-order valence-electron chi connectivity index (χ2n) is 6.78. The summed E-state index contributed by atoms with van der Waals surface area (Å²) < 4.78 is 42.8. The van der Waals surface area contributed by atoms with E-state index < -0.39 is 10.0 Å². The van der Waals surface area contributed by atoms with E-state index in [4.69, 9.17) is 0 Å². The van der Waals surface area contributed by atoms with E-state index in [0.717, 1.165) is 27.9 Å². The van der Waals surface area contributed by atoms with Crippen LogP contribution in [0, 0.1) is 5.82 Å². The maximum Gasteiger partial charge on any atom is 0.240 e. The van der Waals surface area contributed by atoms with Crippen LogP contribution in [0.3, 0.4) is 0 Å². The second-order valence-corrected chi connectivity index (χ2v) is 8.54. The number of hydrogen-bond acceptors (Lipinski definition) is 4. The van der Waals surface area contributed by atoms with Gasteiger partial charge in [-0.2, -0.15) is 5.10 Å². The minimum Gasteiger partial charge on any atom is -0.268 e. The number of nitrogens with one attached hydrogen (secondary N) is 1. The number of halogens is 1. The summed E-state index contributed by atoms with van der Waals surface area (Å²) >= 11 is 0. The first kappa shape index (κ1) is 19.9. The van der Waals surface area contributed by atoms with E-state index in [1.165, 1.54) is 24.3 Å². The molecule has 0 spiro atoms. The quantitative estimate of drug-likeness (QED) is 0.513. The summed E-state index contributed by atoms with van der Waals surface area (Å²) in [6, 6.07) is 16.3. The molecule has 6 nitrogen and oxygen atoms in total. The molecule has 2 aromatic heterocycles. The van der Waals surface area contributed by atoms with Crippen LogP contribution < -0.4 is 4.72 Å². The molecule has 0 bridgehead atoms. The summed E-state index contributed by atoms with van der Waals surface area (Å²) in [7, 11) is -1.86. The van der Waals surface area contributed by atoms with Crippen molar-refractivity contribution in [2.75, 3.05) is 0 Å². The van der Waals surface area contributed by atoms with Gasteiger partial charge in [0.2, 0.25) is 10.0 Å². The average Bonchev–Trinajstić information content (AvgIpc) is 3.19. The third-order valence-corrected chi connectivity index (χ3v) is 6.14. The largest absolute Gasteiger partial charge is 0.268 e. The van der Waals surface area contributed by atoms with Crippen LogP contribution >= 0.6 is 0 Å². The van der Waals surface area contributed by atoms with Gasteiger partial charge in [0.15, 0.2) is 0 Å². The zero-order valence-electron chi connectivity index (χ0n) is 16.2. The molecule has 0 aliphatic rings. The van der Waals surface area contributed by atoms with Gasteiger partial charge in [-0.05, 0) is 53.1 Å². The van der Waals surface area contributed by atoms with E-state index in [2.05, 4.69) is 14.8 Å². The average molecular weight is 422 g/mol. The van der Waals surface area contributed by atoms with Gasteiger partial charge >= 0.3 is 0 Å². The van der Waals surface area contributed by atoms with E-state index in [0.29, 0.717) is 0 Å². The van der Waals surface area contributed by atoms with Crippen molar-refractivity contribution in [3.05, 3.63) is 90.6 Å². The Morgan fingerprint density at radius 2 is 1.60 bits per heavy atom. The number of hydrogen-bond donors (Lipinski definition) is 1. The molecule has 0 unspecified atom stereocenters.